The van der Waals surface area contributed by atoms with Crippen LogP contribution in [0.5, 0.6) is 0 Å². The molecule has 0 unspecified atom stereocenters. The Hall–Kier alpha value is -0.120. The third-order valence-electron chi connectivity index (χ3n) is 3.15. The molecule has 1 aromatic heterocycles. The van der Waals surface area contributed by atoms with Crippen LogP contribution >= 0.6 is 23.7 Å². The molecule has 2 rings (SSSR count). The normalized spacial score (nSPS) is 17.2. The highest BCUT2D eigenvalue weighted by molar-refractivity contribution is 7.09. The zero-order chi connectivity index (χ0) is 10.0. The molecule has 2 nitrogen and oxygen atoms in total. The minimum Gasteiger partial charge on any atom is -0.310 e. The summed E-state index contributed by atoms with van der Waals surface area (Å²) < 4.78 is 0. The quantitative estimate of drug-likeness (QED) is 0.864. The Labute approximate surface area is 102 Å². The van der Waals surface area contributed by atoms with Crippen LogP contribution in [0.2, 0.25) is 0 Å². The highest BCUT2D eigenvalue weighted by atomic mass is 35.5. The van der Waals surface area contributed by atoms with Crippen LogP contribution in [0.1, 0.15) is 36.9 Å². The number of nitrogens with zero attached hydrogens (tertiary/aromatic N) is 1. The van der Waals surface area contributed by atoms with Crippen LogP contribution in [-0.4, -0.2) is 11.5 Å². The molecule has 1 fully saturated rings. The molecule has 4 heteroatoms. The van der Waals surface area contributed by atoms with Gasteiger partial charge in [-0.05, 0) is 31.6 Å². The second kappa shape index (κ2) is 5.28. The summed E-state index contributed by atoms with van der Waals surface area (Å²) in [5, 5.41) is 6.85. The number of thiazole rings is 1. The van der Waals surface area contributed by atoms with E-state index in [9.17, 15) is 0 Å². The third-order valence-corrected chi connectivity index (χ3v) is 4.12. The summed E-state index contributed by atoms with van der Waals surface area (Å²) in [4.78, 5) is 4.43. The van der Waals surface area contributed by atoms with E-state index in [0.717, 1.165) is 12.2 Å². The van der Waals surface area contributed by atoms with Crippen molar-refractivity contribution in [2.75, 3.05) is 6.54 Å². The van der Waals surface area contributed by atoms with Gasteiger partial charge in [-0.15, -0.1) is 23.7 Å². The Morgan fingerprint density at radius 1 is 1.53 bits per heavy atom. The number of nitrogens with one attached hydrogen (secondary N) is 1. The van der Waals surface area contributed by atoms with E-state index in [1.807, 2.05) is 0 Å². The maximum atomic E-state index is 4.43. The summed E-state index contributed by atoms with van der Waals surface area (Å²) >= 11 is 1.75. The molecule has 0 spiro atoms. The Balaban J connectivity index is 0.00000112. The van der Waals surface area contributed by atoms with Crippen molar-refractivity contribution in [3.8, 4) is 0 Å². The molecule has 1 heterocycles. The molecule has 1 aliphatic carbocycles. The van der Waals surface area contributed by atoms with Crippen molar-refractivity contribution in [1.82, 2.24) is 10.3 Å². The number of aryl methyl sites for hydroxylation is 1. The van der Waals surface area contributed by atoms with Gasteiger partial charge in [-0.1, -0.05) is 6.92 Å². The zero-order valence-electron chi connectivity index (χ0n) is 9.38. The van der Waals surface area contributed by atoms with E-state index >= 15 is 0 Å². The van der Waals surface area contributed by atoms with Gasteiger partial charge < -0.3 is 5.32 Å². The lowest BCUT2D eigenvalue weighted by molar-refractivity contribution is 0.443. The standard InChI is InChI=1S/C11H18N2S.ClH/c1-3-11(4-5-11)8-12-6-10-13-9(2)7-14-10;/h7,12H,3-6,8H2,1-2H3;1H. The van der Waals surface area contributed by atoms with Crippen molar-refractivity contribution in [3.63, 3.8) is 0 Å². The molecular weight excluding hydrogens is 228 g/mol. The molecule has 1 aliphatic rings. The minimum absolute atomic E-state index is 0. The van der Waals surface area contributed by atoms with Gasteiger partial charge in [-0.25, -0.2) is 4.98 Å². The fourth-order valence-electron chi connectivity index (χ4n) is 1.75. The van der Waals surface area contributed by atoms with Crippen molar-refractivity contribution in [3.05, 3.63) is 16.1 Å². The minimum atomic E-state index is 0. The van der Waals surface area contributed by atoms with Gasteiger partial charge in [-0.3, -0.25) is 0 Å². The molecule has 0 radical (unpaired) electrons. The number of hydrogen-bond donors (Lipinski definition) is 1. The molecule has 1 saturated carbocycles. The lowest BCUT2D eigenvalue weighted by Crippen LogP contribution is -2.22. The summed E-state index contributed by atoms with van der Waals surface area (Å²) in [5.41, 5.74) is 1.79. The van der Waals surface area contributed by atoms with E-state index in [4.69, 9.17) is 0 Å². The monoisotopic (exact) mass is 246 g/mol. The van der Waals surface area contributed by atoms with Crippen LogP contribution in [-0.2, 0) is 6.54 Å². The summed E-state index contributed by atoms with van der Waals surface area (Å²) in [6.45, 7) is 6.46. The maximum Gasteiger partial charge on any atom is 0.107 e. The maximum absolute atomic E-state index is 4.43. The first-order valence-electron chi connectivity index (χ1n) is 5.36. The van der Waals surface area contributed by atoms with Crippen molar-refractivity contribution >= 4 is 23.7 Å². The molecule has 0 amide bonds. The van der Waals surface area contributed by atoms with Crippen LogP contribution in [0, 0.1) is 12.3 Å². The van der Waals surface area contributed by atoms with E-state index in [-0.39, 0.29) is 12.4 Å². The van der Waals surface area contributed by atoms with Crippen molar-refractivity contribution in [1.29, 1.82) is 0 Å². The van der Waals surface area contributed by atoms with Crippen LogP contribution in [0.3, 0.4) is 0 Å². The average Bonchev–Trinajstić information content (AvgIpc) is 2.84. The molecule has 0 aliphatic heterocycles. The van der Waals surface area contributed by atoms with E-state index in [0.29, 0.717) is 5.41 Å². The predicted octanol–water partition coefficient (Wildman–Crippen LogP) is 3.15. The molecule has 1 aromatic rings. The van der Waals surface area contributed by atoms with Gasteiger partial charge in [0.15, 0.2) is 0 Å². The van der Waals surface area contributed by atoms with E-state index in [2.05, 4.69) is 29.5 Å². The van der Waals surface area contributed by atoms with Gasteiger partial charge in [0.25, 0.3) is 0 Å². The summed E-state index contributed by atoms with van der Waals surface area (Å²) in [7, 11) is 0. The van der Waals surface area contributed by atoms with Gasteiger partial charge in [0.05, 0.1) is 0 Å². The average molecular weight is 247 g/mol. The number of halogens is 1. The summed E-state index contributed by atoms with van der Waals surface area (Å²) in [6.07, 6.45) is 4.14. The molecule has 0 aromatic carbocycles. The SMILES string of the molecule is CCC1(CNCc2nc(C)cs2)CC1.Cl. The van der Waals surface area contributed by atoms with Crippen LogP contribution in [0.15, 0.2) is 5.38 Å². The molecule has 1 N–H and O–H groups in total. The molecule has 15 heavy (non-hydrogen) atoms. The number of hydrogen-bond acceptors (Lipinski definition) is 3. The Morgan fingerprint density at radius 3 is 2.73 bits per heavy atom. The largest absolute Gasteiger partial charge is 0.310 e. The van der Waals surface area contributed by atoms with Gasteiger partial charge in [0.2, 0.25) is 0 Å². The molecular formula is C11H19ClN2S. The van der Waals surface area contributed by atoms with Crippen LogP contribution < -0.4 is 5.32 Å². The number of rotatable bonds is 5. The third kappa shape index (κ3) is 3.44. The lowest BCUT2D eigenvalue weighted by atomic mass is 10.0. The van der Waals surface area contributed by atoms with Crippen LogP contribution in [0.4, 0.5) is 0 Å². The van der Waals surface area contributed by atoms with Gasteiger partial charge in [-0.2, -0.15) is 0 Å². The first-order valence-corrected chi connectivity index (χ1v) is 6.24. The molecule has 0 atom stereocenters. The fraction of sp³-hybridized carbons (Fsp3) is 0.727. The Kier molecular flexibility index (Phi) is 4.56. The molecule has 0 bridgehead atoms. The fourth-order valence-corrected chi connectivity index (χ4v) is 2.49. The van der Waals surface area contributed by atoms with Crippen LogP contribution in [0.25, 0.3) is 0 Å². The highest BCUT2D eigenvalue weighted by Gasteiger charge is 2.39. The highest BCUT2D eigenvalue weighted by Crippen LogP contribution is 2.47. The molecule has 86 valence electrons. The van der Waals surface area contributed by atoms with Crippen molar-refractivity contribution in [2.45, 2.75) is 39.7 Å². The van der Waals surface area contributed by atoms with Gasteiger partial charge in [0, 0.05) is 24.2 Å². The van der Waals surface area contributed by atoms with E-state index in [1.165, 1.54) is 30.8 Å². The second-order valence-corrected chi connectivity index (χ2v) is 5.28. The number of aromatic nitrogens is 1. The first-order chi connectivity index (χ1) is 6.74. The second-order valence-electron chi connectivity index (χ2n) is 4.34. The van der Waals surface area contributed by atoms with Crippen molar-refractivity contribution < 1.29 is 0 Å². The first kappa shape index (κ1) is 12.9. The van der Waals surface area contributed by atoms with Gasteiger partial charge >= 0.3 is 0 Å². The molecule has 0 saturated heterocycles. The summed E-state index contributed by atoms with van der Waals surface area (Å²) in [5.74, 6) is 0. The smallest absolute Gasteiger partial charge is 0.107 e. The van der Waals surface area contributed by atoms with Gasteiger partial charge in [0.1, 0.15) is 5.01 Å². The predicted molar refractivity (Wildman–Crippen MR) is 67.8 cm³/mol. The Bertz CT molecular complexity index is 307. The Morgan fingerprint density at radius 2 is 2.27 bits per heavy atom. The lowest BCUT2D eigenvalue weighted by Gasteiger charge is -2.12. The summed E-state index contributed by atoms with van der Waals surface area (Å²) in [6, 6.07) is 0. The van der Waals surface area contributed by atoms with E-state index < -0.39 is 0 Å². The van der Waals surface area contributed by atoms with Crippen molar-refractivity contribution in [2.24, 2.45) is 5.41 Å². The topological polar surface area (TPSA) is 24.9 Å². The zero-order valence-corrected chi connectivity index (χ0v) is 11.0. The van der Waals surface area contributed by atoms with E-state index in [1.54, 1.807) is 11.3 Å².